The molecule has 0 unspecified atom stereocenters. The molecule has 2 aromatic rings. The molecule has 2 heterocycles. The van der Waals surface area contributed by atoms with E-state index in [2.05, 4.69) is 4.98 Å². The van der Waals surface area contributed by atoms with Gasteiger partial charge in [-0.3, -0.25) is 0 Å². The van der Waals surface area contributed by atoms with Crippen LogP contribution >= 0.6 is 11.6 Å². The highest BCUT2D eigenvalue weighted by atomic mass is 35.5. The molecule has 0 spiro atoms. The molecule has 0 bridgehead atoms. The summed E-state index contributed by atoms with van der Waals surface area (Å²) in [7, 11) is 0. The van der Waals surface area contributed by atoms with Gasteiger partial charge in [-0.1, -0.05) is 11.6 Å². The van der Waals surface area contributed by atoms with Crippen molar-refractivity contribution >= 4 is 17.6 Å². The molecule has 1 aromatic carbocycles. The summed E-state index contributed by atoms with van der Waals surface area (Å²) in [5.74, 6) is 0.466. The van der Waals surface area contributed by atoms with E-state index in [1.165, 1.54) is 12.3 Å². The van der Waals surface area contributed by atoms with E-state index in [9.17, 15) is 4.79 Å². The number of rotatable bonds is 3. The minimum atomic E-state index is -1.15. The largest absolute Gasteiger partial charge is 0.478 e. The van der Waals surface area contributed by atoms with Crippen LogP contribution in [0.2, 0.25) is 5.02 Å². The van der Waals surface area contributed by atoms with Gasteiger partial charge in [-0.25, -0.2) is 9.78 Å². The van der Waals surface area contributed by atoms with E-state index in [0.717, 1.165) is 0 Å². The average molecular weight is 294 g/mol. The number of carboxylic acid groups (broad SMARTS) is 1. The molecule has 3 rings (SSSR count). The summed E-state index contributed by atoms with van der Waals surface area (Å²) in [4.78, 5) is 14.9. The van der Waals surface area contributed by atoms with E-state index in [-0.39, 0.29) is 23.3 Å². The summed E-state index contributed by atoms with van der Waals surface area (Å²) < 4.78 is 15.9. The molecule has 6 nitrogen and oxygen atoms in total. The number of hydrogen-bond donors (Lipinski definition) is 1. The minimum Gasteiger partial charge on any atom is -0.478 e. The lowest BCUT2D eigenvalue weighted by atomic mass is 10.2. The van der Waals surface area contributed by atoms with Crippen molar-refractivity contribution in [2.75, 3.05) is 6.79 Å². The number of aromatic nitrogens is 1. The van der Waals surface area contributed by atoms with Crippen molar-refractivity contribution in [1.82, 2.24) is 4.98 Å². The highest BCUT2D eigenvalue weighted by Gasteiger charge is 2.17. The Bertz CT molecular complexity index is 688. The Hall–Kier alpha value is -2.47. The number of nitrogens with zero attached hydrogens (tertiary/aromatic N) is 1. The van der Waals surface area contributed by atoms with Gasteiger partial charge in [-0.15, -0.1) is 0 Å². The molecule has 20 heavy (non-hydrogen) atoms. The van der Waals surface area contributed by atoms with Crippen molar-refractivity contribution < 1.29 is 24.1 Å². The van der Waals surface area contributed by atoms with Crippen LogP contribution in [0.15, 0.2) is 30.5 Å². The molecule has 0 saturated heterocycles. The monoisotopic (exact) mass is 293 g/mol. The number of ether oxygens (including phenoxy) is 3. The van der Waals surface area contributed by atoms with Gasteiger partial charge in [0.25, 0.3) is 0 Å². The molecule has 0 amide bonds. The SMILES string of the molecule is O=C(O)c1ccnc(Oc2ccc3c(c2)OCO3)c1Cl. The van der Waals surface area contributed by atoms with Gasteiger partial charge in [0, 0.05) is 12.3 Å². The first-order chi connectivity index (χ1) is 9.65. The Morgan fingerprint density at radius 2 is 2.10 bits per heavy atom. The minimum absolute atomic E-state index is 0.0189. The fourth-order valence-corrected chi connectivity index (χ4v) is 1.94. The highest BCUT2D eigenvalue weighted by Crippen LogP contribution is 2.37. The zero-order valence-corrected chi connectivity index (χ0v) is 10.8. The maximum absolute atomic E-state index is 11.0. The average Bonchev–Trinajstić information content (AvgIpc) is 2.88. The van der Waals surface area contributed by atoms with Crippen LogP contribution in [0, 0.1) is 0 Å². The van der Waals surface area contributed by atoms with Crippen LogP contribution in [-0.2, 0) is 0 Å². The van der Waals surface area contributed by atoms with Crippen LogP contribution in [0.3, 0.4) is 0 Å². The van der Waals surface area contributed by atoms with E-state index in [1.54, 1.807) is 18.2 Å². The Kier molecular flexibility index (Phi) is 3.08. The van der Waals surface area contributed by atoms with Gasteiger partial charge in [0.2, 0.25) is 12.7 Å². The Morgan fingerprint density at radius 1 is 1.30 bits per heavy atom. The summed E-state index contributed by atoms with van der Waals surface area (Å²) in [5.41, 5.74) is -0.0718. The van der Waals surface area contributed by atoms with E-state index < -0.39 is 5.97 Å². The first-order valence-electron chi connectivity index (χ1n) is 5.60. The first kappa shape index (κ1) is 12.6. The topological polar surface area (TPSA) is 77.9 Å². The lowest BCUT2D eigenvalue weighted by Gasteiger charge is -2.08. The van der Waals surface area contributed by atoms with Crippen molar-refractivity contribution in [2.24, 2.45) is 0 Å². The van der Waals surface area contributed by atoms with Gasteiger partial charge in [-0.05, 0) is 18.2 Å². The number of pyridine rings is 1. The smallest absolute Gasteiger partial charge is 0.337 e. The number of carbonyl (C=O) groups is 1. The van der Waals surface area contributed by atoms with Gasteiger partial charge in [0.05, 0.1) is 5.56 Å². The van der Waals surface area contributed by atoms with Crippen LogP contribution in [0.1, 0.15) is 10.4 Å². The van der Waals surface area contributed by atoms with E-state index >= 15 is 0 Å². The van der Waals surface area contributed by atoms with E-state index in [1.807, 2.05) is 0 Å². The summed E-state index contributed by atoms with van der Waals surface area (Å²) in [6, 6.07) is 6.26. The maximum atomic E-state index is 11.0. The zero-order chi connectivity index (χ0) is 14.1. The molecule has 0 fully saturated rings. The van der Waals surface area contributed by atoms with Crippen molar-refractivity contribution in [3.8, 4) is 23.1 Å². The standard InChI is InChI=1S/C13H8ClNO5/c14-11-8(13(16)17)3-4-15-12(11)20-7-1-2-9-10(5-7)19-6-18-9/h1-5H,6H2,(H,16,17). The van der Waals surface area contributed by atoms with Crippen LogP contribution in [0.5, 0.6) is 23.1 Å². The van der Waals surface area contributed by atoms with Gasteiger partial charge < -0.3 is 19.3 Å². The number of fused-ring (bicyclic) bond motifs is 1. The van der Waals surface area contributed by atoms with Gasteiger partial charge in [0.15, 0.2) is 11.5 Å². The van der Waals surface area contributed by atoms with Crippen molar-refractivity contribution in [3.05, 3.63) is 41.0 Å². The van der Waals surface area contributed by atoms with Gasteiger partial charge in [-0.2, -0.15) is 0 Å². The molecule has 0 atom stereocenters. The molecule has 1 aromatic heterocycles. The van der Waals surface area contributed by atoms with Gasteiger partial charge in [0.1, 0.15) is 10.8 Å². The number of carboxylic acids is 1. The summed E-state index contributed by atoms with van der Waals surface area (Å²) in [5, 5.41) is 8.92. The zero-order valence-electron chi connectivity index (χ0n) is 10.00. The normalized spacial score (nSPS) is 12.2. The molecule has 7 heteroatoms. The quantitative estimate of drug-likeness (QED) is 0.937. The Balaban J connectivity index is 1.92. The van der Waals surface area contributed by atoms with Crippen molar-refractivity contribution in [1.29, 1.82) is 0 Å². The third-order valence-corrected chi connectivity index (χ3v) is 3.01. The molecular weight excluding hydrogens is 286 g/mol. The molecule has 0 radical (unpaired) electrons. The van der Waals surface area contributed by atoms with Crippen LogP contribution in [0.25, 0.3) is 0 Å². The fraction of sp³-hybridized carbons (Fsp3) is 0.0769. The number of hydrogen-bond acceptors (Lipinski definition) is 5. The molecule has 1 N–H and O–H groups in total. The summed E-state index contributed by atoms with van der Waals surface area (Å²) in [6.07, 6.45) is 1.32. The van der Waals surface area contributed by atoms with E-state index in [4.69, 9.17) is 30.9 Å². The van der Waals surface area contributed by atoms with E-state index in [0.29, 0.717) is 17.2 Å². The maximum Gasteiger partial charge on any atom is 0.337 e. The molecule has 0 aliphatic carbocycles. The highest BCUT2D eigenvalue weighted by molar-refractivity contribution is 6.34. The third-order valence-electron chi connectivity index (χ3n) is 2.65. The van der Waals surface area contributed by atoms with Crippen LogP contribution in [-0.4, -0.2) is 22.9 Å². The van der Waals surface area contributed by atoms with Crippen molar-refractivity contribution in [3.63, 3.8) is 0 Å². The van der Waals surface area contributed by atoms with Crippen LogP contribution < -0.4 is 14.2 Å². The summed E-state index contributed by atoms with van der Waals surface area (Å²) >= 11 is 5.95. The third kappa shape index (κ3) is 2.21. The van der Waals surface area contributed by atoms with Gasteiger partial charge >= 0.3 is 5.97 Å². The fourth-order valence-electron chi connectivity index (χ4n) is 1.71. The Morgan fingerprint density at radius 3 is 2.90 bits per heavy atom. The Labute approximate surface area is 118 Å². The molecule has 1 aliphatic heterocycles. The van der Waals surface area contributed by atoms with Crippen LogP contribution in [0.4, 0.5) is 0 Å². The molecular formula is C13H8ClNO5. The predicted molar refractivity (Wildman–Crippen MR) is 68.8 cm³/mol. The predicted octanol–water partition coefficient (Wildman–Crippen LogP) is 2.95. The number of halogens is 1. The number of aromatic carboxylic acids is 1. The first-order valence-corrected chi connectivity index (χ1v) is 5.98. The molecule has 1 aliphatic rings. The second kappa shape index (κ2) is 4.90. The molecule has 0 saturated carbocycles. The lowest BCUT2D eigenvalue weighted by molar-refractivity contribution is 0.0696. The molecule has 102 valence electrons. The summed E-state index contributed by atoms with van der Waals surface area (Å²) in [6.45, 7) is 0.159. The second-order valence-corrected chi connectivity index (χ2v) is 4.28. The number of benzene rings is 1. The lowest BCUT2D eigenvalue weighted by Crippen LogP contribution is -2.00. The van der Waals surface area contributed by atoms with Crippen molar-refractivity contribution in [2.45, 2.75) is 0 Å². The second-order valence-electron chi connectivity index (χ2n) is 3.90.